The lowest BCUT2D eigenvalue weighted by molar-refractivity contribution is -0.118. The van der Waals surface area contributed by atoms with Crippen LogP contribution in [-0.4, -0.2) is 30.7 Å². The number of benzene rings is 2. The molecule has 7 heteroatoms. The van der Waals surface area contributed by atoms with Crippen molar-refractivity contribution in [1.29, 1.82) is 0 Å². The summed E-state index contributed by atoms with van der Waals surface area (Å²) in [5, 5.41) is 10.3. The first-order chi connectivity index (χ1) is 14.9. The molecular formula is C24H24O7. The Balaban J connectivity index is 1.74. The van der Waals surface area contributed by atoms with Gasteiger partial charge in [0, 0.05) is 23.8 Å². The number of hydrogen-bond acceptors (Lipinski definition) is 7. The zero-order chi connectivity index (χ0) is 22.0. The molecule has 1 saturated carbocycles. The standard InChI is InChI=1S/C24H24O7/c1-14(25)13-29-17-10-18(26)24-19(27)12-21(31-23(24)11-17)15-7-8-20(28-2)22(9-15)30-16-5-3-4-6-16/h7-12,16,26H,3-6,13H2,1-2H3. The number of fused-ring (bicyclic) bond motifs is 1. The molecule has 1 aliphatic rings. The predicted molar refractivity (Wildman–Crippen MR) is 115 cm³/mol. The van der Waals surface area contributed by atoms with Gasteiger partial charge in [-0.3, -0.25) is 9.59 Å². The molecule has 0 amide bonds. The van der Waals surface area contributed by atoms with Crippen LogP contribution in [0.15, 0.2) is 45.6 Å². The zero-order valence-electron chi connectivity index (χ0n) is 17.5. The fraction of sp³-hybridized carbons (Fsp3) is 0.333. The van der Waals surface area contributed by atoms with Crippen LogP contribution in [-0.2, 0) is 4.79 Å². The van der Waals surface area contributed by atoms with Crippen LogP contribution >= 0.6 is 0 Å². The number of Topliss-reactive ketones (excluding diaryl/α,β-unsaturated/α-hetero) is 1. The van der Waals surface area contributed by atoms with Crippen LogP contribution in [0.1, 0.15) is 32.6 Å². The summed E-state index contributed by atoms with van der Waals surface area (Å²) in [6, 6.07) is 9.45. The topological polar surface area (TPSA) is 95.2 Å². The zero-order valence-corrected chi connectivity index (χ0v) is 17.5. The number of aromatic hydroxyl groups is 1. The van der Waals surface area contributed by atoms with Crippen molar-refractivity contribution < 1.29 is 28.5 Å². The summed E-state index contributed by atoms with van der Waals surface area (Å²) < 4.78 is 22.8. The first-order valence-electron chi connectivity index (χ1n) is 10.2. The highest BCUT2D eigenvalue weighted by Gasteiger charge is 2.20. The van der Waals surface area contributed by atoms with Crippen LogP contribution in [0.25, 0.3) is 22.3 Å². The number of hydrogen-bond donors (Lipinski definition) is 1. The molecule has 1 aromatic heterocycles. The summed E-state index contributed by atoms with van der Waals surface area (Å²) >= 11 is 0. The first kappa shape index (κ1) is 20.8. The Morgan fingerprint density at radius 1 is 1.13 bits per heavy atom. The molecule has 2 aromatic carbocycles. The van der Waals surface area contributed by atoms with E-state index in [4.69, 9.17) is 18.6 Å². The van der Waals surface area contributed by atoms with Gasteiger partial charge in [0.25, 0.3) is 0 Å². The second-order valence-electron chi connectivity index (χ2n) is 7.67. The molecule has 0 aliphatic heterocycles. The maximum Gasteiger partial charge on any atom is 0.197 e. The van der Waals surface area contributed by atoms with E-state index in [-0.39, 0.29) is 46.4 Å². The largest absolute Gasteiger partial charge is 0.507 e. The highest BCUT2D eigenvalue weighted by atomic mass is 16.5. The number of phenols is 1. The summed E-state index contributed by atoms with van der Waals surface area (Å²) in [4.78, 5) is 23.9. The van der Waals surface area contributed by atoms with Crippen molar-refractivity contribution in [1.82, 2.24) is 0 Å². The van der Waals surface area contributed by atoms with Crippen molar-refractivity contribution in [3.05, 3.63) is 46.6 Å². The van der Waals surface area contributed by atoms with Crippen LogP contribution in [0.4, 0.5) is 0 Å². The highest BCUT2D eigenvalue weighted by Crippen LogP contribution is 2.37. The molecule has 1 fully saturated rings. The lowest BCUT2D eigenvalue weighted by atomic mass is 10.1. The van der Waals surface area contributed by atoms with Gasteiger partial charge in [-0.25, -0.2) is 0 Å². The van der Waals surface area contributed by atoms with Gasteiger partial charge in [-0.05, 0) is 50.8 Å². The van der Waals surface area contributed by atoms with Crippen molar-refractivity contribution in [3.8, 4) is 34.3 Å². The van der Waals surface area contributed by atoms with E-state index in [2.05, 4.69) is 0 Å². The van der Waals surface area contributed by atoms with E-state index in [1.807, 2.05) is 0 Å². The fourth-order valence-electron chi connectivity index (χ4n) is 3.76. The third kappa shape index (κ3) is 4.50. The Hall–Kier alpha value is -3.48. The molecule has 1 N–H and O–H groups in total. The summed E-state index contributed by atoms with van der Waals surface area (Å²) in [6.45, 7) is 1.25. The van der Waals surface area contributed by atoms with Gasteiger partial charge in [-0.15, -0.1) is 0 Å². The van der Waals surface area contributed by atoms with E-state index in [0.29, 0.717) is 22.8 Å². The minimum absolute atomic E-state index is 0.0508. The van der Waals surface area contributed by atoms with Crippen molar-refractivity contribution in [3.63, 3.8) is 0 Å². The highest BCUT2D eigenvalue weighted by molar-refractivity contribution is 5.86. The molecule has 0 unspecified atom stereocenters. The molecular weight excluding hydrogens is 400 g/mol. The van der Waals surface area contributed by atoms with Crippen LogP contribution in [0.2, 0.25) is 0 Å². The molecule has 4 rings (SSSR count). The third-order valence-electron chi connectivity index (χ3n) is 5.27. The summed E-state index contributed by atoms with van der Waals surface area (Å²) in [5.74, 6) is 1.33. The van der Waals surface area contributed by atoms with Gasteiger partial charge in [0.05, 0.1) is 13.2 Å². The smallest absolute Gasteiger partial charge is 0.197 e. The molecule has 0 saturated heterocycles. The van der Waals surface area contributed by atoms with Gasteiger partial charge >= 0.3 is 0 Å². The minimum Gasteiger partial charge on any atom is -0.507 e. The third-order valence-corrected chi connectivity index (χ3v) is 5.27. The molecule has 3 aromatic rings. The maximum absolute atomic E-state index is 12.7. The van der Waals surface area contributed by atoms with E-state index in [9.17, 15) is 14.7 Å². The Kier molecular flexibility index (Phi) is 5.84. The quantitative estimate of drug-likeness (QED) is 0.598. The van der Waals surface area contributed by atoms with Crippen LogP contribution in [0.5, 0.6) is 23.0 Å². The van der Waals surface area contributed by atoms with E-state index in [1.165, 1.54) is 25.1 Å². The van der Waals surface area contributed by atoms with Crippen molar-refractivity contribution >= 4 is 16.8 Å². The number of methoxy groups -OCH3 is 1. The average Bonchev–Trinajstić information content (AvgIpc) is 3.24. The molecule has 1 aliphatic carbocycles. The number of phenolic OH excluding ortho intramolecular Hbond substituents is 1. The van der Waals surface area contributed by atoms with E-state index >= 15 is 0 Å². The lowest BCUT2D eigenvalue weighted by Crippen LogP contribution is -2.11. The van der Waals surface area contributed by atoms with Crippen LogP contribution in [0, 0.1) is 0 Å². The first-order valence-corrected chi connectivity index (χ1v) is 10.2. The molecule has 1 heterocycles. The molecule has 0 radical (unpaired) electrons. The number of carbonyl (C=O) groups is 1. The Bertz CT molecular complexity index is 1170. The Labute approximate surface area is 179 Å². The SMILES string of the molecule is COc1ccc(-c2cc(=O)c3c(O)cc(OCC(C)=O)cc3o2)cc1OC1CCCC1. The van der Waals surface area contributed by atoms with E-state index in [1.54, 1.807) is 25.3 Å². The second kappa shape index (κ2) is 8.71. The van der Waals surface area contributed by atoms with Crippen molar-refractivity contribution in [2.45, 2.75) is 38.7 Å². The number of ether oxygens (including phenoxy) is 3. The van der Waals surface area contributed by atoms with Gasteiger partial charge in [0.15, 0.2) is 22.7 Å². The summed E-state index contributed by atoms with van der Waals surface area (Å²) in [5.41, 5.74) is 0.415. The van der Waals surface area contributed by atoms with Gasteiger partial charge in [-0.2, -0.15) is 0 Å². The van der Waals surface area contributed by atoms with Crippen LogP contribution < -0.4 is 19.6 Å². The van der Waals surface area contributed by atoms with E-state index < -0.39 is 0 Å². The molecule has 0 spiro atoms. The normalized spacial score (nSPS) is 14.0. The number of rotatable bonds is 7. The van der Waals surface area contributed by atoms with Crippen molar-refractivity contribution in [2.24, 2.45) is 0 Å². The van der Waals surface area contributed by atoms with Gasteiger partial charge < -0.3 is 23.7 Å². The molecule has 0 bridgehead atoms. The summed E-state index contributed by atoms with van der Waals surface area (Å²) in [7, 11) is 1.58. The monoisotopic (exact) mass is 424 g/mol. The van der Waals surface area contributed by atoms with Gasteiger partial charge in [0.2, 0.25) is 0 Å². The molecule has 162 valence electrons. The Morgan fingerprint density at radius 3 is 2.61 bits per heavy atom. The van der Waals surface area contributed by atoms with Gasteiger partial charge in [-0.1, -0.05) is 0 Å². The molecule has 0 atom stereocenters. The fourth-order valence-corrected chi connectivity index (χ4v) is 3.76. The molecule has 31 heavy (non-hydrogen) atoms. The second-order valence-corrected chi connectivity index (χ2v) is 7.67. The average molecular weight is 424 g/mol. The minimum atomic E-state index is -0.388. The van der Waals surface area contributed by atoms with Crippen LogP contribution in [0.3, 0.4) is 0 Å². The Morgan fingerprint density at radius 2 is 1.90 bits per heavy atom. The van der Waals surface area contributed by atoms with E-state index in [0.717, 1.165) is 25.7 Å². The predicted octanol–water partition coefficient (Wildman–Crippen LogP) is 4.46. The number of carbonyl (C=O) groups excluding carboxylic acids is 1. The lowest BCUT2D eigenvalue weighted by Gasteiger charge is -2.17. The summed E-state index contributed by atoms with van der Waals surface area (Å²) in [6.07, 6.45) is 4.43. The maximum atomic E-state index is 12.7. The number of ketones is 1. The van der Waals surface area contributed by atoms with Crippen molar-refractivity contribution in [2.75, 3.05) is 13.7 Å². The molecule has 7 nitrogen and oxygen atoms in total. The van der Waals surface area contributed by atoms with Gasteiger partial charge in [0.1, 0.15) is 34.8 Å².